The number of nitrogens with zero attached hydrogens (tertiary/aromatic N) is 3. The Morgan fingerprint density at radius 2 is 2.12 bits per heavy atom. The Morgan fingerprint density at radius 3 is 2.65 bits per heavy atom. The van der Waals surface area contributed by atoms with Gasteiger partial charge in [0.2, 0.25) is 0 Å². The summed E-state index contributed by atoms with van der Waals surface area (Å²) < 4.78 is 0.895. The van der Waals surface area contributed by atoms with E-state index in [1.807, 2.05) is 6.07 Å². The van der Waals surface area contributed by atoms with Gasteiger partial charge in [0.05, 0.1) is 0 Å². The molecular weight excluding hydrogens is 278 g/mol. The van der Waals surface area contributed by atoms with Crippen LogP contribution in [0.15, 0.2) is 10.7 Å². The maximum absolute atomic E-state index is 4.62. The van der Waals surface area contributed by atoms with E-state index >= 15 is 0 Å². The van der Waals surface area contributed by atoms with Gasteiger partial charge in [0.15, 0.2) is 0 Å². The SMILES string of the molecule is CCc1nc(Br)cc(N(CC)CC2CCC2)n1. The second-order valence-corrected chi connectivity index (χ2v) is 5.47. The molecule has 4 heteroatoms. The van der Waals surface area contributed by atoms with Gasteiger partial charge in [-0.3, -0.25) is 0 Å². The van der Waals surface area contributed by atoms with Gasteiger partial charge in [-0.05, 0) is 41.6 Å². The van der Waals surface area contributed by atoms with Crippen molar-refractivity contribution in [1.29, 1.82) is 0 Å². The van der Waals surface area contributed by atoms with Crippen molar-refractivity contribution < 1.29 is 0 Å². The predicted molar refractivity (Wildman–Crippen MR) is 74.3 cm³/mol. The van der Waals surface area contributed by atoms with E-state index < -0.39 is 0 Å². The Labute approximate surface area is 112 Å². The average Bonchev–Trinajstić information content (AvgIpc) is 2.27. The molecule has 0 aliphatic heterocycles. The molecule has 0 amide bonds. The highest BCUT2D eigenvalue weighted by Crippen LogP contribution is 2.28. The number of rotatable bonds is 5. The highest BCUT2D eigenvalue weighted by molar-refractivity contribution is 9.10. The van der Waals surface area contributed by atoms with Crippen LogP contribution >= 0.6 is 15.9 Å². The molecule has 0 aromatic carbocycles. The summed E-state index contributed by atoms with van der Waals surface area (Å²) in [7, 11) is 0. The Morgan fingerprint density at radius 1 is 1.35 bits per heavy atom. The minimum atomic E-state index is 0.869. The van der Waals surface area contributed by atoms with Crippen LogP contribution in [0.1, 0.15) is 38.9 Å². The van der Waals surface area contributed by atoms with Crippen molar-refractivity contribution in [2.75, 3.05) is 18.0 Å². The van der Waals surface area contributed by atoms with Crippen LogP contribution < -0.4 is 4.90 Å². The Kier molecular flexibility index (Phi) is 4.37. The highest BCUT2D eigenvalue weighted by atomic mass is 79.9. The van der Waals surface area contributed by atoms with Crippen molar-refractivity contribution in [1.82, 2.24) is 9.97 Å². The van der Waals surface area contributed by atoms with Gasteiger partial charge < -0.3 is 4.90 Å². The van der Waals surface area contributed by atoms with Crippen molar-refractivity contribution in [3.8, 4) is 0 Å². The Hall–Kier alpha value is -0.640. The monoisotopic (exact) mass is 297 g/mol. The third-order valence-electron chi connectivity index (χ3n) is 3.45. The van der Waals surface area contributed by atoms with E-state index in [9.17, 15) is 0 Å². The summed E-state index contributed by atoms with van der Waals surface area (Å²) in [4.78, 5) is 11.4. The van der Waals surface area contributed by atoms with Crippen molar-refractivity contribution in [2.45, 2.75) is 39.5 Å². The Balaban J connectivity index is 2.13. The van der Waals surface area contributed by atoms with E-state index in [0.717, 1.165) is 41.7 Å². The van der Waals surface area contributed by atoms with Crippen LogP contribution in [0.3, 0.4) is 0 Å². The normalized spacial score (nSPS) is 15.7. The van der Waals surface area contributed by atoms with E-state index in [1.54, 1.807) is 0 Å². The fourth-order valence-corrected chi connectivity index (χ4v) is 2.55. The maximum atomic E-state index is 4.62. The van der Waals surface area contributed by atoms with Gasteiger partial charge in [-0.2, -0.15) is 0 Å². The summed E-state index contributed by atoms with van der Waals surface area (Å²) in [6, 6.07) is 2.03. The summed E-state index contributed by atoms with van der Waals surface area (Å²) >= 11 is 3.47. The molecule has 1 aromatic rings. The van der Waals surface area contributed by atoms with Crippen LogP contribution in [-0.4, -0.2) is 23.1 Å². The molecule has 2 rings (SSSR count). The minimum absolute atomic E-state index is 0.869. The predicted octanol–water partition coefficient (Wildman–Crippen LogP) is 3.43. The Bertz CT molecular complexity index is 377. The number of aryl methyl sites for hydroxylation is 1. The lowest BCUT2D eigenvalue weighted by molar-refractivity contribution is 0.318. The molecule has 0 unspecified atom stereocenters. The van der Waals surface area contributed by atoms with Gasteiger partial charge >= 0.3 is 0 Å². The van der Waals surface area contributed by atoms with Crippen molar-refractivity contribution in [3.63, 3.8) is 0 Å². The van der Waals surface area contributed by atoms with E-state index in [4.69, 9.17) is 0 Å². The highest BCUT2D eigenvalue weighted by Gasteiger charge is 2.21. The third-order valence-corrected chi connectivity index (χ3v) is 3.86. The number of hydrogen-bond acceptors (Lipinski definition) is 3. The summed E-state index contributed by atoms with van der Waals surface area (Å²) in [6.45, 7) is 6.44. The number of hydrogen-bond donors (Lipinski definition) is 0. The van der Waals surface area contributed by atoms with Crippen LogP contribution in [0.4, 0.5) is 5.82 Å². The number of aromatic nitrogens is 2. The molecule has 0 radical (unpaired) electrons. The smallest absolute Gasteiger partial charge is 0.133 e. The molecular formula is C13H20BrN3. The standard InChI is InChI=1S/C13H20BrN3/c1-3-12-15-11(14)8-13(16-12)17(4-2)9-10-6-5-7-10/h8,10H,3-7,9H2,1-2H3. The number of anilines is 1. The number of halogens is 1. The molecule has 0 bridgehead atoms. The summed E-state index contributed by atoms with van der Waals surface area (Å²) in [5.41, 5.74) is 0. The lowest BCUT2D eigenvalue weighted by Crippen LogP contribution is -2.33. The molecule has 1 aliphatic carbocycles. The molecule has 1 aromatic heterocycles. The van der Waals surface area contributed by atoms with Gasteiger partial charge in [0.25, 0.3) is 0 Å². The first-order chi connectivity index (χ1) is 8.22. The topological polar surface area (TPSA) is 29.0 Å². The van der Waals surface area contributed by atoms with Crippen LogP contribution in [0, 0.1) is 5.92 Å². The maximum Gasteiger partial charge on any atom is 0.133 e. The van der Waals surface area contributed by atoms with Crippen molar-refractivity contribution >= 4 is 21.7 Å². The molecule has 0 atom stereocenters. The fourth-order valence-electron chi connectivity index (χ4n) is 2.14. The second kappa shape index (κ2) is 5.80. The average molecular weight is 298 g/mol. The molecule has 0 saturated heterocycles. The third kappa shape index (κ3) is 3.18. The quantitative estimate of drug-likeness (QED) is 0.780. The van der Waals surface area contributed by atoms with Gasteiger partial charge in [0.1, 0.15) is 16.2 Å². The van der Waals surface area contributed by atoms with Crippen LogP contribution in [0.25, 0.3) is 0 Å². The lowest BCUT2D eigenvalue weighted by Gasteiger charge is -2.32. The molecule has 1 fully saturated rings. The summed E-state index contributed by atoms with van der Waals surface area (Å²) in [5.74, 6) is 2.85. The zero-order chi connectivity index (χ0) is 12.3. The summed E-state index contributed by atoms with van der Waals surface area (Å²) in [5, 5.41) is 0. The molecule has 1 aliphatic rings. The zero-order valence-corrected chi connectivity index (χ0v) is 12.2. The first-order valence-corrected chi connectivity index (χ1v) is 7.30. The molecule has 3 nitrogen and oxygen atoms in total. The van der Waals surface area contributed by atoms with Crippen LogP contribution in [0.2, 0.25) is 0 Å². The molecule has 1 saturated carbocycles. The van der Waals surface area contributed by atoms with E-state index in [-0.39, 0.29) is 0 Å². The van der Waals surface area contributed by atoms with Gasteiger partial charge in [-0.15, -0.1) is 0 Å². The minimum Gasteiger partial charge on any atom is -0.356 e. The van der Waals surface area contributed by atoms with Gasteiger partial charge in [0, 0.05) is 25.6 Å². The molecule has 0 spiro atoms. The largest absolute Gasteiger partial charge is 0.356 e. The molecule has 1 heterocycles. The van der Waals surface area contributed by atoms with Gasteiger partial charge in [-0.1, -0.05) is 13.3 Å². The molecule has 17 heavy (non-hydrogen) atoms. The van der Waals surface area contributed by atoms with Crippen LogP contribution in [0.5, 0.6) is 0 Å². The van der Waals surface area contributed by atoms with Crippen LogP contribution in [-0.2, 0) is 6.42 Å². The van der Waals surface area contributed by atoms with E-state index in [0.29, 0.717) is 0 Å². The van der Waals surface area contributed by atoms with Gasteiger partial charge in [-0.25, -0.2) is 9.97 Å². The fraction of sp³-hybridized carbons (Fsp3) is 0.692. The molecule has 0 N–H and O–H groups in total. The summed E-state index contributed by atoms with van der Waals surface area (Å²) in [6.07, 6.45) is 5.04. The first-order valence-electron chi connectivity index (χ1n) is 6.51. The lowest BCUT2D eigenvalue weighted by atomic mass is 9.85. The van der Waals surface area contributed by atoms with Crippen molar-refractivity contribution in [2.24, 2.45) is 5.92 Å². The molecule has 94 valence electrons. The van der Waals surface area contributed by atoms with E-state index in [1.165, 1.54) is 19.3 Å². The first kappa shape index (κ1) is 12.8. The van der Waals surface area contributed by atoms with E-state index in [2.05, 4.69) is 44.6 Å². The second-order valence-electron chi connectivity index (χ2n) is 4.65. The van der Waals surface area contributed by atoms with Crippen molar-refractivity contribution in [3.05, 3.63) is 16.5 Å². The zero-order valence-electron chi connectivity index (χ0n) is 10.6.